The zero-order valence-corrected chi connectivity index (χ0v) is 19.4. The van der Waals surface area contributed by atoms with E-state index in [0.29, 0.717) is 38.3 Å². The van der Waals surface area contributed by atoms with Crippen molar-refractivity contribution in [2.24, 2.45) is 0 Å². The SMILES string of the molecule is Cc1ccc(OCC(=O)NC2CCN(C(=O)CCCOc3ccccc3C)CC2)cc1C. The average Bonchev–Trinajstić information content (AvgIpc) is 2.79. The molecule has 0 atom stereocenters. The second-order valence-corrected chi connectivity index (χ2v) is 8.47. The number of carbonyl (C=O) groups excluding carboxylic acids is 2. The van der Waals surface area contributed by atoms with Crippen LogP contribution in [0.15, 0.2) is 42.5 Å². The van der Waals surface area contributed by atoms with Crippen molar-refractivity contribution in [1.29, 1.82) is 0 Å². The molecule has 1 aliphatic heterocycles. The standard InChI is InChI=1S/C26H34N2O4/c1-19-10-11-23(17-21(19)3)32-18-25(29)27-22-12-14-28(15-13-22)26(30)9-6-16-31-24-8-5-4-7-20(24)2/h4-5,7-8,10-11,17,22H,6,9,12-16,18H2,1-3H3,(H,27,29). The maximum Gasteiger partial charge on any atom is 0.258 e. The second-order valence-electron chi connectivity index (χ2n) is 8.47. The summed E-state index contributed by atoms with van der Waals surface area (Å²) in [5.74, 6) is 1.61. The third-order valence-corrected chi connectivity index (χ3v) is 5.95. The van der Waals surface area contributed by atoms with E-state index in [0.717, 1.165) is 29.7 Å². The van der Waals surface area contributed by atoms with Gasteiger partial charge in [-0.3, -0.25) is 9.59 Å². The van der Waals surface area contributed by atoms with Crippen LogP contribution in [0.5, 0.6) is 11.5 Å². The zero-order chi connectivity index (χ0) is 22.9. The number of nitrogens with one attached hydrogen (secondary N) is 1. The van der Waals surface area contributed by atoms with Gasteiger partial charge in [-0.05, 0) is 74.9 Å². The molecule has 32 heavy (non-hydrogen) atoms. The Morgan fingerprint density at radius 1 is 0.969 bits per heavy atom. The number of hydrogen-bond acceptors (Lipinski definition) is 4. The Bertz CT molecular complexity index is 920. The zero-order valence-electron chi connectivity index (χ0n) is 19.4. The molecule has 2 aromatic carbocycles. The van der Waals surface area contributed by atoms with Gasteiger partial charge < -0.3 is 19.7 Å². The van der Waals surface area contributed by atoms with E-state index in [2.05, 4.69) is 5.32 Å². The normalized spacial score (nSPS) is 14.2. The van der Waals surface area contributed by atoms with Crippen molar-refractivity contribution < 1.29 is 19.1 Å². The maximum atomic E-state index is 12.5. The van der Waals surface area contributed by atoms with Gasteiger partial charge in [-0.15, -0.1) is 0 Å². The van der Waals surface area contributed by atoms with E-state index in [-0.39, 0.29) is 24.5 Å². The van der Waals surface area contributed by atoms with E-state index in [1.165, 1.54) is 5.56 Å². The lowest BCUT2D eigenvalue weighted by atomic mass is 10.0. The average molecular weight is 439 g/mol. The van der Waals surface area contributed by atoms with Gasteiger partial charge in [0.25, 0.3) is 5.91 Å². The van der Waals surface area contributed by atoms with Crippen LogP contribution < -0.4 is 14.8 Å². The van der Waals surface area contributed by atoms with Crippen molar-refractivity contribution in [3.05, 3.63) is 59.2 Å². The fourth-order valence-electron chi connectivity index (χ4n) is 3.78. The number of rotatable bonds is 9. The van der Waals surface area contributed by atoms with Crippen LogP contribution >= 0.6 is 0 Å². The van der Waals surface area contributed by atoms with Gasteiger partial charge in [0.2, 0.25) is 5.91 Å². The number of aryl methyl sites for hydroxylation is 3. The minimum absolute atomic E-state index is 0.00251. The number of hydrogen-bond donors (Lipinski definition) is 1. The van der Waals surface area contributed by atoms with Crippen molar-refractivity contribution in [3.63, 3.8) is 0 Å². The Labute approximate surface area is 190 Å². The molecule has 1 heterocycles. The maximum absolute atomic E-state index is 12.5. The predicted octanol–water partition coefficient (Wildman–Crippen LogP) is 3.96. The van der Waals surface area contributed by atoms with E-state index >= 15 is 0 Å². The molecule has 172 valence electrons. The third kappa shape index (κ3) is 7.01. The molecule has 0 aromatic heterocycles. The van der Waals surface area contributed by atoms with Crippen LogP contribution in [-0.4, -0.2) is 49.1 Å². The molecule has 6 nitrogen and oxygen atoms in total. The Hall–Kier alpha value is -3.02. The molecule has 0 spiro atoms. The first-order valence-electron chi connectivity index (χ1n) is 11.4. The molecule has 1 saturated heterocycles. The van der Waals surface area contributed by atoms with Gasteiger partial charge in [-0.2, -0.15) is 0 Å². The van der Waals surface area contributed by atoms with Gasteiger partial charge in [-0.25, -0.2) is 0 Å². The molecule has 0 unspecified atom stereocenters. The fourth-order valence-corrected chi connectivity index (χ4v) is 3.78. The molecular formula is C26H34N2O4. The third-order valence-electron chi connectivity index (χ3n) is 5.95. The quantitative estimate of drug-likeness (QED) is 0.602. The lowest BCUT2D eigenvalue weighted by Gasteiger charge is -2.32. The molecule has 0 radical (unpaired) electrons. The predicted molar refractivity (Wildman–Crippen MR) is 125 cm³/mol. The highest BCUT2D eigenvalue weighted by Gasteiger charge is 2.23. The van der Waals surface area contributed by atoms with Crippen molar-refractivity contribution in [2.75, 3.05) is 26.3 Å². The number of benzene rings is 2. The van der Waals surface area contributed by atoms with Crippen molar-refractivity contribution in [3.8, 4) is 11.5 Å². The summed E-state index contributed by atoms with van der Waals surface area (Å²) in [6, 6.07) is 13.8. The van der Waals surface area contributed by atoms with E-state index in [1.54, 1.807) is 0 Å². The topological polar surface area (TPSA) is 67.9 Å². The van der Waals surface area contributed by atoms with E-state index in [1.807, 2.05) is 68.1 Å². The summed E-state index contributed by atoms with van der Waals surface area (Å²) >= 11 is 0. The molecule has 1 fully saturated rings. The molecule has 1 N–H and O–H groups in total. The number of likely N-dealkylation sites (tertiary alicyclic amines) is 1. The highest BCUT2D eigenvalue weighted by Crippen LogP contribution is 2.18. The molecule has 2 amide bonds. The molecule has 0 aliphatic carbocycles. The number of ether oxygens (including phenoxy) is 2. The Kier molecular flexibility index (Phi) is 8.54. The van der Waals surface area contributed by atoms with E-state index in [4.69, 9.17) is 9.47 Å². The second kappa shape index (κ2) is 11.6. The number of piperidine rings is 1. The van der Waals surface area contributed by atoms with Gasteiger partial charge in [0.1, 0.15) is 11.5 Å². The molecule has 2 aromatic rings. The Morgan fingerprint density at radius 2 is 1.72 bits per heavy atom. The van der Waals surface area contributed by atoms with Gasteiger partial charge in [-0.1, -0.05) is 24.3 Å². The van der Waals surface area contributed by atoms with E-state index in [9.17, 15) is 9.59 Å². The Morgan fingerprint density at radius 3 is 2.44 bits per heavy atom. The summed E-state index contributed by atoms with van der Waals surface area (Å²) in [5, 5.41) is 3.03. The largest absolute Gasteiger partial charge is 0.493 e. The van der Waals surface area contributed by atoms with Crippen molar-refractivity contribution in [2.45, 2.75) is 52.5 Å². The number of amides is 2. The first-order chi connectivity index (χ1) is 15.4. The minimum atomic E-state index is -0.124. The minimum Gasteiger partial charge on any atom is -0.493 e. The van der Waals surface area contributed by atoms with Crippen LogP contribution in [-0.2, 0) is 9.59 Å². The van der Waals surface area contributed by atoms with Gasteiger partial charge in [0.05, 0.1) is 6.61 Å². The van der Waals surface area contributed by atoms with Gasteiger partial charge in [0, 0.05) is 25.6 Å². The lowest BCUT2D eigenvalue weighted by molar-refractivity contribution is -0.132. The first-order valence-corrected chi connectivity index (χ1v) is 11.4. The van der Waals surface area contributed by atoms with Crippen LogP contribution in [0.3, 0.4) is 0 Å². The Balaban J connectivity index is 1.30. The molecule has 1 aliphatic rings. The highest BCUT2D eigenvalue weighted by atomic mass is 16.5. The summed E-state index contributed by atoms with van der Waals surface area (Å²) in [6.07, 6.45) is 2.70. The summed E-state index contributed by atoms with van der Waals surface area (Å²) < 4.78 is 11.4. The summed E-state index contributed by atoms with van der Waals surface area (Å²) in [6.45, 7) is 7.95. The molecule has 6 heteroatoms. The fraction of sp³-hybridized carbons (Fsp3) is 0.462. The molecule has 0 saturated carbocycles. The molecule has 0 bridgehead atoms. The lowest BCUT2D eigenvalue weighted by Crippen LogP contribution is -2.47. The highest BCUT2D eigenvalue weighted by molar-refractivity contribution is 5.78. The molecule has 3 rings (SSSR count). The van der Waals surface area contributed by atoms with Gasteiger partial charge in [0.15, 0.2) is 6.61 Å². The summed E-state index contributed by atoms with van der Waals surface area (Å²) in [4.78, 5) is 26.6. The van der Waals surface area contributed by atoms with Crippen LogP contribution in [0.4, 0.5) is 0 Å². The number of carbonyl (C=O) groups is 2. The number of para-hydroxylation sites is 1. The van der Waals surface area contributed by atoms with Crippen molar-refractivity contribution >= 4 is 11.8 Å². The van der Waals surface area contributed by atoms with Crippen LogP contribution in [0.1, 0.15) is 42.4 Å². The van der Waals surface area contributed by atoms with Gasteiger partial charge >= 0.3 is 0 Å². The molecular weight excluding hydrogens is 404 g/mol. The van der Waals surface area contributed by atoms with Crippen LogP contribution in [0, 0.1) is 20.8 Å². The van der Waals surface area contributed by atoms with E-state index < -0.39 is 0 Å². The first kappa shape index (κ1) is 23.6. The van der Waals surface area contributed by atoms with Crippen LogP contribution in [0.25, 0.3) is 0 Å². The summed E-state index contributed by atoms with van der Waals surface area (Å²) in [5.41, 5.74) is 3.44. The summed E-state index contributed by atoms with van der Waals surface area (Å²) in [7, 11) is 0. The van der Waals surface area contributed by atoms with Crippen molar-refractivity contribution in [1.82, 2.24) is 10.2 Å². The smallest absolute Gasteiger partial charge is 0.258 e. The monoisotopic (exact) mass is 438 g/mol. The number of nitrogens with zero attached hydrogens (tertiary/aromatic N) is 1. The van der Waals surface area contributed by atoms with Crippen LogP contribution in [0.2, 0.25) is 0 Å².